The van der Waals surface area contributed by atoms with Crippen LogP contribution in [0.5, 0.6) is 0 Å². The highest BCUT2D eigenvalue weighted by atomic mass is 28.4. The molecule has 0 N–H and O–H groups in total. The molecule has 4 aromatic carbocycles. The number of hydrogen-bond donors (Lipinski definition) is 0. The second kappa shape index (κ2) is 12.9. The van der Waals surface area contributed by atoms with Crippen LogP contribution in [0.4, 0.5) is 11.4 Å². The Morgan fingerprint density at radius 1 is 0.633 bits per heavy atom. The number of anilines is 2. The Morgan fingerprint density at radius 3 is 1.41 bits per heavy atom. The maximum atomic E-state index is 6.53. The molecule has 1 heterocycles. The molecule has 1 atom stereocenters. The molecule has 0 aromatic heterocycles. The Hall–Kier alpha value is -3.67. The van der Waals surface area contributed by atoms with Crippen LogP contribution in [0.2, 0.25) is 0 Å². The molecule has 0 saturated heterocycles. The summed E-state index contributed by atoms with van der Waals surface area (Å²) in [5.41, 5.74) is 4.87. The largest absolute Gasteiger partial charge is 0.560 e. The summed E-state index contributed by atoms with van der Waals surface area (Å²) in [5, 5.41) is 0. The quantitative estimate of drug-likeness (QED) is 0.191. The van der Waals surface area contributed by atoms with E-state index >= 15 is 0 Å². The maximum absolute atomic E-state index is 6.53. The lowest BCUT2D eigenvalue weighted by molar-refractivity contribution is -0.517. The summed E-state index contributed by atoms with van der Waals surface area (Å²) in [6.45, 7) is 16.5. The summed E-state index contributed by atoms with van der Waals surface area (Å²) in [4.78, 5) is 6.53. The number of para-hydroxylation sites is 2. The normalized spacial score (nSPS) is 27.3. The summed E-state index contributed by atoms with van der Waals surface area (Å²) in [5.74, 6) is 3.86. The Morgan fingerprint density at radius 2 is 1.04 bits per heavy atom. The predicted octanol–water partition coefficient (Wildman–Crippen LogP) is 11.0. The first kappa shape index (κ1) is 33.8. The Kier molecular flexibility index (Phi) is 8.90. The molecule has 4 nitrogen and oxygen atoms in total. The molecule has 256 valence electrons. The first-order valence-electron chi connectivity index (χ1n) is 18.6. The van der Waals surface area contributed by atoms with Crippen LogP contribution in [0.1, 0.15) is 91.2 Å². The van der Waals surface area contributed by atoms with Crippen LogP contribution in [0.25, 0.3) is 4.98 Å². The minimum absolute atomic E-state index is 0.0536. The van der Waals surface area contributed by atoms with Gasteiger partial charge in [0.25, 0.3) is 5.84 Å². The van der Waals surface area contributed by atoms with Gasteiger partial charge in [-0.3, -0.25) is 8.81 Å². The van der Waals surface area contributed by atoms with Crippen molar-refractivity contribution in [1.29, 1.82) is 0 Å². The lowest BCUT2D eigenvalue weighted by Crippen LogP contribution is -2.89. The van der Waals surface area contributed by atoms with Crippen LogP contribution < -0.4 is 4.57 Å². The lowest BCUT2D eigenvalue weighted by Gasteiger charge is -2.71. The molecule has 0 spiro atoms. The molecule has 4 aliphatic carbocycles. The molecule has 4 fully saturated rings. The van der Waals surface area contributed by atoms with Gasteiger partial charge in [0.15, 0.2) is 0 Å². The van der Waals surface area contributed by atoms with Crippen LogP contribution in [0, 0.1) is 24.7 Å². The van der Waals surface area contributed by atoms with Gasteiger partial charge in [-0.25, -0.2) is 0 Å². The Bertz CT molecular complexity index is 1670. The van der Waals surface area contributed by atoms with E-state index in [-0.39, 0.29) is 16.6 Å². The van der Waals surface area contributed by atoms with E-state index in [0.29, 0.717) is 0 Å². The number of benzene rings is 4. The van der Waals surface area contributed by atoms with Crippen molar-refractivity contribution >= 4 is 25.9 Å². The van der Waals surface area contributed by atoms with Crippen LogP contribution in [0.3, 0.4) is 0 Å². The topological polar surface area (TPSA) is 23.6 Å². The molecule has 49 heavy (non-hydrogen) atoms. The molecule has 4 bridgehead atoms. The Labute approximate surface area is 297 Å². The van der Waals surface area contributed by atoms with Gasteiger partial charge in [-0.05, 0) is 122 Å². The van der Waals surface area contributed by atoms with E-state index in [9.17, 15) is 0 Å². The van der Waals surface area contributed by atoms with Gasteiger partial charge in [0.05, 0.1) is 16.6 Å². The van der Waals surface area contributed by atoms with Crippen molar-refractivity contribution < 1.29 is 4.24 Å². The van der Waals surface area contributed by atoms with Gasteiger partial charge in [-0.2, -0.15) is 0 Å². The maximum Gasteiger partial charge on any atom is 0.502 e. The third kappa shape index (κ3) is 6.41. The first-order chi connectivity index (χ1) is 23.4. The van der Waals surface area contributed by atoms with Gasteiger partial charge in [-0.15, -0.1) is 5.54 Å². The van der Waals surface area contributed by atoms with E-state index in [4.69, 9.17) is 4.98 Å². The van der Waals surface area contributed by atoms with Crippen molar-refractivity contribution in [3.63, 3.8) is 0 Å². The SMILES string of the molecule is CC(C)(C)N1C(c2ccccc2)=[N+](C(C)(C)C)[Si@@]1([N-]C12CC3CC(CC(C3)C1)C2)N(c1ccccc1)c1ccccc1.Cc1ccccc1. The predicted molar refractivity (Wildman–Crippen MR) is 208 cm³/mol. The van der Waals surface area contributed by atoms with Gasteiger partial charge < -0.3 is 9.55 Å². The van der Waals surface area contributed by atoms with Crippen molar-refractivity contribution in [2.75, 3.05) is 4.57 Å². The van der Waals surface area contributed by atoms with Gasteiger partial charge in [-0.1, -0.05) is 110 Å². The lowest BCUT2D eigenvalue weighted by atomic mass is 9.53. The molecular formula is C44H56N4Si. The summed E-state index contributed by atoms with van der Waals surface area (Å²) in [6.07, 6.45) is 8.08. The zero-order valence-electron chi connectivity index (χ0n) is 30.8. The number of aryl methyl sites for hydroxylation is 1. The zero-order chi connectivity index (χ0) is 34.4. The third-order valence-electron chi connectivity index (χ3n) is 11.1. The second-order valence-electron chi connectivity index (χ2n) is 17.2. The zero-order valence-corrected chi connectivity index (χ0v) is 31.8. The molecule has 0 unspecified atom stereocenters. The number of amidine groups is 1. The highest BCUT2D eigenvalue weighted by Gasteiger charge is 2.71. The smallest absolute Gasteiger partial charge is 0.502 e. The van der Waals surface area contributed by atoms with E-state index in [1.165, 1.54) is 66.9 Å². The number of hydrogen-bond acceptors (Lipinski definition) is 2. The van der Waals surface area contributed by atoms with Gasteiger partial charge in [0, 0.05) is 11.4 Å². The summed E-state index contributed by atoms with van der Waals surface area (Å²) in [6, 6.07) is 43.7. The number of nitrogens with zero attached hydrogens (tertiary/aromatic N) is 4. The molecule has 5 aliphatic rings. The standard InChI is InChI=1S/C37H48N4Si.C7H8/c1-35(2,3)40-34(31-16-10-7-11-17-31)41(36(4,5)6)42(40,38-37-25-28-22-29(26-37)24-30(23-28)27-37)39(32-18-12-8-13-19-32)33-20-14-9-15-21-33;1-7-5-3-2-4-6-7/h7-21,28-30H,22-27H2,1-6H3;2-6H,1H3. The fourth-order valence-corrected chi connectivity index (χ4v) is 15.4. The van der Waals surface area contributed by atoms with E-state index in [2.05, 4.69) is 165 Å². The molecule has 0 radical (unpaired) electrons. The number of rotatable bonds is 6. The fraction of sp³-hybridized carbons (Fsp3) is 0.432. The Balaban J connectivity index is 0.000000483. The van der Waals surface area contributed by atoms with Crippen LogP contribution in [0.15, 0.2) is 121 Å². The van der Waals surface area contributed by atoms with E-state index in [1.54, 1.807) is 0 Å². The highest BCUT2D eigenvalue weighted by Crippen LogP contribution is 2.62. The van der Waals surface area contributed by atoms with Crippen LogP contribution >= 0.6 is 0 Å². The molecule has 4 saturated carbocycles. The van der Waals surface area contributed by atoms with Crippen molar-refractivity contribution in [3.8, 4) is 0 Å². The minimum atomic E-state index is -3.03. The minimum Gasteiger partial charge on any atom is -0.560 e. The molecule has 1 aliphatic heterocycles. The summed E-state index contributed by atoms with van der Waals surface area (Å²) in [7, 11) is -3.03. The van der Waals surface area contributed by atoms with Gasteiger partial charge in [0.1, 0.15) is 0 Å². The van der Waals surface area contributed by atoms with E-state index < -0.39 is 8.72 Å². The summed E-state index contributed by atoms with van der Waals surface area (Å²) >= 11 is 0. The average molecular weight is 669 g/mol. The van der Waals surface area contributed by atoms with E-state index in [0.717, 1.165) is 17.8 Å². The second-order valence-corrected chi connectivity index (χ2v) is 20.0. The molecule has 9 rings (SSSR count). The van der Waals surface area contributed by atoms with Gasteiger partial charge in [0.2, 0.25) is 0 Å². The fourth-order valence-electron chi connectivity index (χ4n) is 9.87. The van der Waals surface area contributed by atoms with Crippen molar-refractivity contribution in [2.45, 2.75) is 104 Å². The van der Waals surface area contributed by atoms with E-state index in [1.807, 2.05) is 18.2 Å². The molecular weight excluding hydrogens is 613 g/mol. The molecule has 5 heteroatoms. The first-order valence-corrected chi connectivity index (χ1v) is 20.4. The third-order valence-corrected chi connectivity index (χ3v) is 15.9. The average Bonchev–Trinajstić information content (AvgIpc) is 3.03. The monoisotopic (exact) mass is 668 g/mol. The summed E-state index contributed by atoms with van der Waals surface area (Å²) < 4.78 is 8.31. The molecule has 4 aromatic rings. The van der Waals surface area contributed by atoms with Crippen LogP contribution in [-0.4, -0.2) is 40.0 Å². The van der Waals surface area contributed by atoms with Crippen molar-refractivity contribution in [1.82, 2.24) is 4.57 Å². The molecule has 0 amide bonds. The van der Waals surface area contributed by atoms with Crippen LogP contribution in [-0.2, 0) is 0 Å². The van der Waals surface area contributed by atoms with Crippen molar-refractivity contribution in [3.05, 3.63) is 137 Å². The van der Waals surface area contributed by atoms with Gasteiger partial charge >= 0.3 is 8.72 Å². The van der Waals surface area contributed by atoms with Crippen molar-refractivity contribution in [2.24, 2.45) is 17.8 Å². The highest BCUT2D eigenvalue weighted by molar-refractivity contribution is 6.85.